The molecule has 1 atom stereocenters. The number of hydrogen-bond donors (Lipinski definition) is 3. The Morgan fingerprint density at radius 1 is 0.857 bits per heavy atom. The zero-order chi connectivity index (χ0) is 20.7. The first kappa shape index (κ1) is 21.0. The van der Waals surface area contributed by atoms with Crippen LogP contribution in [-0.4, -0.2) is 30.9 Å². The Balaban J connectivity index is 2.04. The second-order valence-corrected chi connectivity index (χ2v) is 6.67. The van der Waals surface area contributed by atoms with Gasteiger partial charge in [-0.25, -0.2) is 0 Å². The minimum atomic E-state index is -0.704. The summed E-state index contributed by atoms with van der Waals surface area (Å²) < 4.78 is 5.08. The highest BCUT2D eigenvalue weighted by molar-refractivity contribution is 6.01. The van der Waals surface area contributed by atoms with Crippen molar-refractivity contribution in [2.45, 2.75) is 26.8 Å². The maximum absolute atomic E-state index is 12.7. The molecule has 0 aliphatic heterocycles. The van der Waals surface area contributed by atoms with E-state index in [1.807, 2.05) is 13.8 Å². The fourth-order valence-corrected chi connectivity index (χ4v) is 2.56. The summed E-state index contributed by atoms with van der Waals surface area (Å²) in [6.07, 6.45) is 0. The first-order valence-electron chi connectivity index (χ1n) is 8.93. The average molecular weight is 383 g/mol. The molecular formula is C21H25N3O4. The molecule has 0 heterocycles. The molecule has 0 aromatic heterocycles. The molecule has 2 aromatic carbocycles. The Morgan fingerprint density at radius 2 is 1.39 bits per heavy atom. The van der Waals surface area contributed by atoms with Gasteiger partial charge in [-0.2, -0.15) is 0 Å². The van der Waals surface area contributed by atoms with Crippen molar-refractivity contribution >= 4 is 29.1 Å². The van der Waals surface area contributed by atoms with Crippen molar-refractivity contribution in [3.8, 4) is 5.75 Å². The largest absolute Gasteiger partial charge is 0.497 e. The fraction of sp³-hybridized carbons (Fsp3) is 0.286. The Hall–Kier alpha value is -3.35. The van der Waals surface area contributed by atoms with Gasteiger partial charge in [0.2, 0.25) is 11.8 Å². The van der Waals surface area contributed by atoms with Crippen molar-refractivity contribution in [1.29, 1.82) is 0 Å². The smallest absolute Gasteiger partial charge is 0.251 e. The quantitative estimate of drug-likeness (QED) is 0.685. The van der Waals surface area contributed by atoms with Crippen molar-refractivity contribution in [3.63, 3.8) is 0 Å². The lowest BCUT2D eigenvalue weighted by Gasteiger charge is -2.22. The van der Waals surface area contributed by atoms with Crippen LogP contribution in [0.25, 0.3) is 0 Å². The van der Waals surface area contributed by atoms with Gasteiger partial charge in [-0.05, 0) is 54.4 Å². The van der Waals surface area contributed by atoms with Gasteiger partial charge in [-0.15, -0.1) is 0 Å². The molecule has 2 aromatic rings. The zero-order valence-electron chi connectivity index (χ0n) is 16.4. The van der Waals surface area contributed by atoms with Crippen molar-refractivity contribution in [2.75, 3.05) is 17.7 Å². The van der Waals surface area contributed by atoms with E-state index in [0.717, 1.165) is 0 Å². The maximum Gasteiger partial charge on any atom is 0.251 e. The van der Waals surface area contributed by atoms with Gasteiger partial charge in [0.25, 0.3) is 5.91 Å². The number of rotatable bonds is 7. The third-order valence-electron chi connectivity index (χ3n) is 4.06. The molecule has 0 aliphatic rings. The molecule has 3 amide bonds. The van der Waals surface area contributed by atoms with Gasteiger partial charge in [0.1, 0.15) is 11.8 Å². The molecule has 28 heavy (non-hydrogen) atoms. The third kappa shape index (κ3) is 5.84. The molecule has 3 N–H and O–H groups in total. The van der Waals surface area contributed by atoms with E-state index in [9.17, 15) is 14.4 Å². The summed E-state index contributed by atoms with van der Waals surface area (Å²) in [6, 6.07) is 12.7. The highest BCUT2D eigenvalue weighted by Crippen LogP contribution is 2.16. The first-order chi connectivity index (χ1) is 13.3. The average Bonchev–Trinajstić information content (AvgIpc) is 2.66. The van der Waals surface area contributed by atoms with E-state index >= 15 is 0 Å². The van der Waals surface area contributed by atoms with Crippen molar-refractivity contribution in [2.24, 2.45) is 5.92 Å². The summed E-state index contributed by atoms with van der Waals surface area (Å²) in [5, 5.41) is 8.23. The highest BCUT2D eigenvalue weighted by atomic mass is 16.5. The van der Waals surface area contributed by atoms with Crippen LogP contribution in [-0.2, 0) is 9.59 Å². The van der Waals surface area contributed by atoms with Gasteiger partial charge in [-0.3, -0.25) is 14.4 Å². The number of benzene rings is 2. The van der Waals surface area contributed by atoms with Crippen LogP contribution < -0.4 is 20.7 Å². The Kier molecular flexibility index (Phi) is 7.14. The summed E-state index contributed by atoms with van der Waals surface area (Å²) in [5.74, 6) is -0.280. The Bertz CT molecular complexity index is 830. The van der Waals surface area contributed by atoms with Crippen LogP contribution in [0.5, 0.6) is 5.75 Å². The molecule has 0 saturated heterocycles. The standard InChI is InChI=1S/C21H25N3O4/c1-13(2)19(24-20(26)15-5-11-18(28-4)12-6-15)21(27)23-17-9-7-16(8-10-17)22-14(3)25/h5-13,19H,1-4H3,(H,22,25)(H,23,27)(H,24,26). The lowest BCUT2D eigenvalue weighted by Crippen LogP contribution is -2.47. The van der Waals surface area contributed by atoms with Crippen LogP contribution >= 0.6 is 0 Å². The van der Waals surface area contributed by atoms with Crippen LogP contribution in [0, 0.1) is 5.92 Å². The first-order valence-corrected chi connectivity index (χ1v) is 8.93. The van der Waals surface area contributed by atoms with E-state index in [1.165, 1.54) is 6.92 Å². The van der Waals surface area contributed by atoms with E-state index in [4.69, 9.17) is 4.74 Å². The number of carbonyl (C=O) groups is 3. The number of hydrogen-bond acceptors (Lipinski definition) is 4. The van der Waals surface area contributed by atoms with E-state index in [0.29, 0.717) is 22.7 Å². The summed E-state index contributed by atoms with van der Waals surface area (Å²) in [6.45, 7) is 5.14. The van der Waals surface area contributed by atoms with Crippen LogP contribution in [0.3, 0.4) is 0 Å². The molecule has 7 heteroatoms. The lowest BCUT2D eigenvalue weighted by atomic mass is 10.0. The number of amides is 3. The van der Waals surface area contributed by atoms with E-state index < -0.39 is 6.04 Å². The summed E-state index contributed by atoms with van der Waals surface area (Å²) in [7, 11) is 1.55. The van der Waals surface area contributed by atoms with Crippen LogP contribution in [0.2, 0.25) is 0 Å². The zero-order valence-corrected chi connectivity index (χ0v) is 16.4. The SMILES string of the molecule is COc1ccc(C(=O)NC(C(=O)Nc2ccc(NC(C)=O)cc2)C(C)C)cc1. The van der Waals surface area contributed by atoms with Gasteiger partial charge in [0.05, 0.1) is 7.11 Å². The number of ether oxygens (including phenoxy) is 1. The molecule has 0 bridgehead atoms. The number of nitrogens with one attached hydrogen (secondary N) is 3. The number of anilines is 2. The Morgan fingerprint density at radius 3 is 1.86 bits per heavy atom. The van der Waals surface area contributed by atoms with Crippen LogP contribution in [0.15, 0.2) is 48.5 Å². The van der Waals surface area contributed by atoms with Crippen molar-refractivity contribution in [3.05, 3.63) is 54.1 Å². The van der Waals surface area contributed by atoms with Gasteiger partial charge >= 0.3 is 0 Å². The molecule has 7 nitrogen and oxygen atoms in total. The minimum Gasteiger partial charge on any atom is -0.497 e. The van der Waals surface area contributed by atoms with Gasteiger partial charge < -0.3 is 20.7 Å². The minimum absolute atomic E-state index is 0.110. The second-order valence-electron chi connectivity index (χ2n) is 6.67. The highest BCUT2D eigenvalue weighted by Gasteiger charge is 2.24. The molecule has 0 fully saturated rings. The van der Waals surface area contributed by atoms with Gasteiger partial charge in [0.15, 0.2) is 0 Å². The van der Waals surface area contributed by atoms with Crippen LogP contribution in [0.1, 0.15) is 31.1 Å². The predicted molar refractivity (Wildman–Crippen MR) is 108 cm³/mol. The van der Waals surface area contributed by atoms with E-state index in [2.05, 4.69) is 16.0 Å². The maximum atomic E-state index is 12.7. The lowest BCUT2D eigenvalue weighted by molar-refractivity contribution is -0.119. The third-order valence-corrected chi connectivity index (χ3v) is 4.06. The van der Waals surface area contributed by atoms with Gasteiger partial charge in [0, 0.05) is 23.9 Å². The fourth-order valence-electron chi connectivity index (χ4n) is 2.56. The molecule has 2 rings (SSSR count). The molecule has 0 spiro atoms. The second kappa shape index (κ2) is 9.55. The summed E-state index contributed by atoms with van der Waals surface area (Å²) >= 11 is 0. The number of methoxy groups -OCH3 is 1. The molecule has 148 valence electrons. The molecule has 0 saturated carbocycles. The van der Waals surface area contributed by atoms with E-state index in [1.54, 1.807) is 55.6 Å². The topological polar surface area (TPSA) is 96.5 Å². The van der Waals surface area contributed by atoms with Crippen molar-refractivity contribution < 1.29 is 19.1 Å². The van der Waals surface area contributed by atoms with Crippen molar-refractivity contribution in [1.82, 2.24) is 5.32 Å². The van der Waals surface area contributed by atoms with Gasteiger partial charge in [-0.1, -0.05) is 13.8 Å². The number of carbonyl (C=O) groups excluding carboxylic acids is 3. The monoisotopic (exact) mass is 383 g/mol. The molecule has 0 aliphatic carbocycles. The Labute approximate surface area is 164 Å². The summed E-state index contributed by atoms with van der Waals surface area (Å²) in [4.78, 5) is 36.2. The molecule has 0 radical (unpaired) electrons. The molecular weight excluding hydrogens is 358 g/mol. The van der Waals surface area contributed by atoms with Crippen LogP contribution in [0.4, 0.5) is 11.4 Å². The summed E-state index contributed by atoms with van der Waals surface area (Å²) in [5.41, 5.74) is 1.65. The predicted octanol–water partition coefficient (Wildman–Crippen LogP) is 3.05. The normalized spacial score (nSPS) is 11.5. The van der Waals surface area contributed by atoms with E-state index in [-0.39, 0.29) is 23.6 Å². The molecule has 1 unspecified atom stereocenters.